The molecular weight excluding hydrogens is 566 g/mol. The Labute approximate surface area is 226 Å². The summed E-state index contributed by atoms with van der Waals surface area (Å²) in [6.45, 7) is -0.936. The van der Waals surface area contributed by atoms with Crippen LogP contribution in [0.15, 0.2) is 48.8 Å². The fourth-order valence-electron chi connectivity index (χ4n) is 4.52. The van der Waals surface area contributed by atoms with Gasteiger partial charge in [0.25, 0.3) is 11.8 Å². The molecule has 0 unspecified atom stereocenters. The van der Waals surface area contributed by atoms with Crippen LogP contribution in [-0.4, -0.2) is 56.6 Å². The van der Waals surface area contributed by atoms with Crippen LogP contribution in [0.25, 0.3) is 16.8 Å². The molecule has 2 amide bonds. The number of likely N-dealkylation sites (tertiary alicyclic amines) is 1. The van der Waals surface area contributed by atoms with Crippen LogP contribution < -0.4 is 11.1 Å². The molecule has 0 bridgehead atoms. The van der Waals surface area contributed by atoms with Crippen LogP contribution in [0.1, 0.15) is 26.3 Å². The number of benzene rings is 2. The number of hydrogen-bond acceptors (Lipinski definition) is 5. The van der Waals surface area contributed by atoms with Crippen molar-refractivity contribution >= 4 is 34.7 Å². The summed E-state index contributed by atoms with van der Waals surface area (Å²) in [4.78, 5) is 30.2. The number of nitrogen functional groups attached to an aromatic ring is 1. The van der Waals surface area contributed by atoms with E-state index < -0.39 is 77.4 Å². The molecule has 8 nitrogen and oxygen atoms in total. The second-order valence-electron chi connectivity index (χ2n) is 8.94. The van der Waals surface area contributed by atoms with Gasteiger partial charge in [0.05, 0.1) is 34.4 Å². The first-order chi connectivity index (χ1) is 18.9. The number of hydrogen-bond donors (Lipinski definition) is 2. The van der Waals surface area contributed by atoms with E-state index in [4.69, 9.17) is 17.3 Å². The predicted molar refractivity (Wildman–Crippen MR) is 131 cm³/mol. The SMILES string of the molecule is Nc1ncnn2c(-c3ccc(Cl)c(C(=O)N[C@@H]4CN(C(=O)c5c(F)cccc5F)C[C@@H]4F)c3)cc(C(F)(F)F)c12. The quantitative estimate of drug-likeness (QED) is 0.344. The maximum Gasteiger partial charge on any atom is 0.418 e. The molecule has 1 aliphatic heterocycles. The molecule has 0 spiro atoms. The Morgan fingerprint density at radius 2 is 1.77 bits per heavy atom. The molecule has 1 aliphatic rings. The fraction of sp³-hybridized carbons (Fsp3) is 0.200. The number of anilines is 1. The first-order valence-corrected chi connectivity index (χ1v) is 11.9. The second-order valence-corrected chi connectivity index (χ2v) is 9.35. The minimum absolute atomic E-state index is 0.0740. The van der Waals surface area contributed by atoms with Crippen molar-refractivity contribution in [2.75, 3.05) is 18.8 Å². The number of fused-ring (bicyclic) bond motifs is 1. The highest BCUT2D eigenvalue weighted by atomic mass is 35.5. The Morgan fingerprint density at radius 3 is 2.45 bits per heavy atom. The van der Waals surface area contributed by atoms with E-state index in [-0.39, 0.29) is 21.8 Å². The lowest BCUT2D eigenvalue weighted by molar-refractivity contribution is -0.136. The summed E-state index contributed by atoms with van der Waals surface area (Å²) in [6, 6.07) is 6.21. The van der Waals surface area contributed by atoms with Crippen LogP contribution in [0, 0.1) is 11.6 Å². The van der Waals surface area contributed by atoms with Gasteiger partial charge < -0.3 is 16.0 Å². The zero-order chi connectivity index (χ0) is 28.9. The number of nitrogens with two attached hydrogens (primary N) is 1. The summed E-state index contributed by atoms with van der Waals surface area (Å²) in [5.41, 5.74) is 3.08. The molecule has 5 rings (SSSR count). The minimum Gasteiger partial charge on any atom is -0.382 e. The van der Waals surface area contributed by atoms with E-state index in [1.807, 2.05) is 0 Å². The molecule has 3 N–H and O–H groups in total. The molecule has 4 aromatic rings. The summed E-state index contributed by atoms with van der Waals surface area (Å²) in [7, 11) is 0. The lowest BCUT2D eigenvalue weighted by Gasteiger charge is -2.18. The third kappa shape index (κ3) is 4.78. The molecule has 2 atom stereocenters. The largest absolute Gasteiger partial charge is 0.418 e. The van der Waals surface area contributed by atoms with Crippen molar-refractivity contribution < 1.29 is 35.9 Å². The van der Waals surface area contributed by atoms with Gasteiger partial charge in [-0.25, -0.2) is 22.7 Å². The van der Waals surface area contributed by atoms with Gasteiger partial charge in [0.2, 0.25) is 0 Å². The molecule has 0 radical (unpaired) electrons. The summed E-state index contributed by atoms with van der Waals surface area (Å²) in [5, 5.41) is 6.15. The van der Waals surface area contributed by atoms with E-state index in [1.165, 1.54) is 18.2 Å². The van der Waals surface area contributed by atoms with Crippen molar-refractivity contribution in [3.8, 4) is 11.3 Å². The van der Waals surface area contributed by atoms with Gasteiger partial charge >= 0.3 is 6.18 Å². The van der Waals surface area contributed by atoms with Crippen molar-refractivity contribution in [2.24, 2.45) is 0 Å². The molecule has 1 fully saturated rings. The average Bonchev–Trinajstić information content (AvgIpc) is 3.46. The Bertz CT molecular complexity index is 1640. The summed E-state index contributed by atoms with van der Waals surface area (Å²) in [5.74, 6) is -4.62. The van der Waals surface area contributed by atoms with E-state index in [0.29, 0.717) is 0 Å². The van der Waals surface area contributed by atoms with Crippen LogP contribution in [0.2, 0.25) is 5.02 Å². The Hall–Kier alpha value is -4.33. The summed E-state index contributed by atoms with van der Waals surface area (Å²) < 4.78 is 84.9. The number of carbonyl (C=O) groups excluding carboxylic acids is 2. The third-order valence-corrected chi connectivity index (χ3v) is 6.75. The zero-order valence-electron chi connectivity index (χ0n) is 20.0. The standard InChI is InChI=1S/C25H17ClF6N6O2/c26-14-5-4-11(19-7-13(25(30,31)32)21-22(33)34-10-35-38(19)21)6-12(14)23(39)36-18-9-37(8-17(18)29)24(40)20-15(27)2-1-3-16(20)28/h1-7,10,17-18H,8-9H2,(H,36,39)(H2,33,34,35)/t17-,18+/m0/s1. The van der Waals surface area contributed by atoms with Gasteiger partial charge in [-0.05, 0) is 30.3 Å². The van der Waals surface area contributed by atoms with E-state index in [9.17, 15) is 35.9 Å². The van der Waals surface area contributed by atoms with Gasteiger partial charge in [-0.1, -0.05) is 23.7 Å². The molecule has 15 heteroatoms. The lowest BCUT2D eigenvalue weighted by Crippen LogP contribution is -2.42. The monoisotopic (exact) mass is 582 g/mol. The van der Waals surface area contributed by atoms with Gasteiger partial charge in [0.1, 0.15) is 35.2 Å². The molecule has 2 aromatic carbocycles. The minimum atomic E-state index is -4.79. The lowest BCUT2D eigenvalue weighted by atomic mass is 10.1. The number of carbonyl (C=O) groups is 2. The Kier molecular flexibility index (Phi) is 6.82. The number of alkyl halides is 4. The third-order valence-electron chi connectivity index (χ3n) is 6.42. The molecule has 208 valence electrons. The van der Waals surface area contributed by atoms with Crippen molar-refractivity contribution in [3.63, 3.8) is 0 Å². The number of halogens is 7. The predicted octanol–water partition coefficient (Wildman–Crippen LogP) is 4.52. The van der Waals surface area contributed by atoms with E-state index in [1.54, 1.807) is 0 Å². The van der Waals surface area contributed by atoms with Crippen LogP contribution in [-0.2, 0) is 6.18 Å². The van der Waals surface area contributed by atoms with Crippen molar-refractivity contribution in [1.82, 2.24) is 24.8 Å². The molecule has 40 heavy (non-hydrogen) atoms. The highest BCUT2D eigenvalue weighted by molar-refractivity contribution is 6.34. The Morgan fingerprint density at radius 1 is 1.07 bits per heavy atom. The molecule has 0 saturated carbocycles. The van der Waals surface area contributed by atoms with Crippen LogP contribution in [0.3, 0.4) is 0 Å². The number of rotatable bonds is 4. The zero-order valence-corrected chi connectivity index (χ0v) is 20.8. The number of nitrogens with one attached hydrogen (secondary N) is 1. The van der Waals surface area contributed by atoms with Gasteiger partial charge in [0.15, 0.2) is 5.82 Å². The van der Waals surface area contributed by atoms with Crippen molar-refractivity contribution in [3.05, 3.63) is 82.1 Å². The molecule has 2 aromatic heterocycles. The molecule has 1 saturated heterocycles. The van der Waals surface area contributed by atoms with E-state index >= 15 is 0 Å². The number of amides is 2. The Balaban J connectivity index is 1.42. The molecule has 0 aliphatic carbocycles. The van der Waals surface area contributed by atoms with Crippen molar-refractivity contribution in [1.29, 1.82) is 0 Å². The summed E-state index contributed by atoms with van der Waals surface area (Å²) in [6.07, 6.45) is -5.60. The molecular formula is C25H17ClF6N6O2. The fourth-order valence-corrected chi connectivity index (χ4v) is 4.72. The van der Waals surface area contributed by atoms with Crippen LogP contribution in [0.5, 0.6) is 0 Å². The average molecular weight is 583 g/mol. The maximum atomic E-state index is 14.8. The topological polar surface area (TPSA) is 106 Å². The van der Waals surface area contributed by atoms with E-state index in [2.05, 4.69) is 15.4 Å². The van der Waals surface area contributed by atoms with Gasteiger partial charge in [-0.2, -0.15) is 18.3 Å². The summed E-state index contributed by atoms with van der Waals surface area (Å²) >= 11 is 6.18. The van der Waals surface area contributed by atoms with Gasteiger partial charge in [0, 0.05) is 12.1 Å². The van der Waals surface area contributed by atoms with E-state index in [0.717, 1.165) is 40.0 Å². The number of aromatic nitrogens is 3. The first-order valence-electron chi connectivity index (χ1n) is 11.5. The first kappa shape index (κ1) is 27.2. The molecule has 3 heterocycles. The second kappa shape index (κ2) is 10.0. The maximum absolute atomic E-state index is 14.8. The van der Waals surface area contributed by atoms with Crippen molar-refractivity contribution in [2.45, 2.75) is 18.4 Å². The highest BCUT2D eigenvalue weighted by Gasteiger charge is 2.39. The van der Waals surface area contributed by atoms with Gasteiger partial charge in [-0.15, -0.1) is 0 Å². The van der Waals surface area contributed by atoms with Crippen LogP contribution in [0.4, 0.5) is 32.2 Å². The normalized spacial score (nSPS) is 17.4. The number of nitrogens with zero attached hydrogens (tertiary/aromatic N) is 4. The highest BCUT2D eigenvalue weighted by Crippen LogP contribution is 2.39. The van der Waals surface area contributed by atoms with Gasteiger partial charge in [-0.3, -0.25) is 9.59 Å². The smallest absolute Gasteiger partial charge is 0.382 e. The van der Waals surface area contributed by atoms with Crippen LogP contribution >= 0.6 is 11.6 Å².